The molecule has 1 saturated heterocycles. The Labute approximate surface area is 122 Å². The molecule has 0 radical (unpaired) electrons. The van der Waals surface area contributed by atoms with Crippen LogP contribution < -0.4 is 5.32 Å². The van der Waals surface area contributed by atoms with Crippen LogP contribution in [0.2, 0.25) is 0 Å². The molecule has 0 aromatic heterocycles. The van der Waals surface area contributed by atoms with Crippen molar-refractivity contribution in [1.82, 2.24) is 5.32 Å². The first-order chi connectivity index (χ1) is 9.22. The molecule has 0 spiro atoms. The summed E-state index contributed by atoms with van der Waals surface area (Å²) in [5.41, 5.74) is 0.740. The van der Waals surface area contributed by atoms with E-state index in [0.717, 1.165) is 31.4 Å². The molecule has 106 valence electrons. The molecule has 0 bridgehead atoms. The largest absolute Gasteiger partial charge is 0.378 e. The summed E-state index contributed by atoms with van der Waals surface area (Å²) in [4.78, 5) is 0. The lowest BCUT2D eigenvalue weighted by molar-refractivity contribution is 0.101. The van der Waals surface area contributed by atoms with Gasteiger partial charge >= 0.3 is 0 Å². The third kappa shape index (κ3) is 4.01. The van der Waals surface area contributed by atoms with Crippen molar-refractivity contribution < 1.29 is 9.13 Å². The fourth-order valence-corrected chi connectivity index (χ4v) is 3.05. The highest BCUT2D eigenvalue weighted by molar-refractivity contribution is 9.10. The minimum absolute atomic E-state index is 0.0684. The van der Waals surface area contributed by atoms with Gasteiger partial charge in [-0.2, -0.15) is 0 Å². The predicted molar refractivity (Wildman–Crippen MR) is 78.7 cm³/mol. The van der Waals surface area contributed by atoms with Crippen LogP contribution in [0.15, 0.2) is 22.7 Å². The molecule has 1 aliphatic rings. The number of halogens is 2. The molecule has 1 aromatic rings. The maximum atomic E-state index is 14.1. The summed E-state index contributed by atoms with van der Waals surface area (Å²) in [6.07, 6.45) is 5.85. The molecular weight excluding hydrogens is 309 g/mol. The Hall–Kier alpha value is -0.450. The number of benzene rings is 1. The lowest BCUT2D eigenvalue weighted by Gasteiger charge is -2.18. The topological polar surface area (TPSA) is 21.3 Å². The first kappa shape index (κ1) is 14.9. The van der Waals surface area contributed by atoms with Crippen molar-refractivity contribution in [2.45, 2.75) is 44.2 Å². The van der Waals surface area contributed by atoms with E-state index in [0.29, 0.717) is 10.6 Å². The van der Waals surface area contributed by atoms with Gasteiger partial charge in [0.2, 0.25) is 0 Å². The molecule has 0 amide bonds. The molecule has 4 heteroatoms. The second kappa shape index (κ2) is 7.36. The van der Waals surface area contributed by atoms with Crippen molar-refractivity contribution in [3.8, 4) is 0 Å². The lowest BCUT2D eigenvalue weighted by atomic mass is 9.99. The predicted octanol–water partition coefficient (Wildman–Crippen LogP) is 4.20. The Morgan fingerprint density at radius 1 is 1.53 bits per heavy atom. The molecule has 1 heterocycles. The highest BCUT2D eigenvalue weighted by Gasteiger charge is 2.18. The highest BCUT2D eigenvalue weighted by atomic mass is 79.9. The highest BCUT2D eigenvalue weighted by Crippen LogP contribution is 2.27. The Bertz CT molecular complexity index is 407. The molecule has 1 aliphatic heterocycles. The zero-order chi connectivity index (χ0) is 13.7. The van der Waals surface area contributed by atoms with Gasteiger partial charge in [-0.1, -0.05) is 12.1 Å². The van der Waals surface area contributed by atoms with Crippen LogP contribution in [0.25, 0.3) is 0 Å². The molecule has 2 rings (SSSR count). The van der Waals surface area contributed by atoms with Crippen molar-refractivity contribution in [1.29, 1.82) is 0 Å². The molecule has 0 aliphatic carbocycles. The number of hydrogen-bond acceptors (Lipinski definition) is 2. The second-order valence-corrected chi connectivity index (χ2v) is 5.90. The third-order valence-electron chi connectivity index (χ3n) is 3.75. The maximum Gasteiger partial charge on any atom is 0.142 e. The Balaban J connectivity index is 1.90. The van der Waals surface area contributed by atoms with Crippen LogP contribution in [0.5, 0.6) is 0 Å². The van der Waals surface area contributed by atoms with Gasteiger partial charge in [-0.3, -0.25) is 0 Å². The number of hydrogen-bond donors (Lipinski definition) is 1. The van der Waals surface area contributed by atoms with Gasteiger partial charge in [0.15, 0.2) is 0 Å². The van der Waals surface area contributed by atoms with Crippen molar-refractivity contribution in [2.24, 2.45) is 0 Å². The quantitative estimate of drug-likeness (QED) is 0.844. The van der Waals surface area contributed by atoms with Gasteiger partial charge in [0.1, 0.15) is 5.82 Å². The molecule has 2 nitrogen and oxygen atoms in total. The van der Waals surface area contributed by atoms with Crippen LogP contribution in [-0.2, 0) is 4.74 Å². The molecule has 19 heavy (non-hydrogen) atoms. The Morgan fingerprint density at radius 3 is 3.05 bits per heavy atom. The molecule has 2 unspecified atom stereocenters. The number of rotatable bonds is 6. The standard InChI is InChI=1S/C15H21BrFNO/c1-18-14(9-2-5-11-6-4-10-19-11)12-7-3-8-13(16)15(12)17/h3,7-8,11,14,18H,2,4-6,9-10H2,1H3. The smallest absolute Gasteiger partial charge is 0.142 e. The fourth-order valence-electron chi connectivity index (χ4n) is 2.67. The summed E-state index contributed by atoms with van der Waals surface area (Å²) in [6, 6.07) is 5.54. The summed E-state index contributed by atoms with van der Waals surface area (Å²) in [7, 11) is 1.89. The molecule has 0 saturated carbocycles. The Kier molecular flexibility index (Phi) is 5.79. The van der Waals surface area contributed by atoms with E-state index >= 15 is 0 Å². The third-order valence-corrected chi connectivity index (χ3v) is 4.36. The average Bonchev–Trinajstić information content (AvgIpc) is 2.92. The van der Waals surface area contributed by atoms with Crippen molar-refractivity contribution in [3.05, 3.63) is 34.1 Å². The van der Waals surface area contributed by atoms with Gasteiger partial charge in [-0.25, -0.2) is 4.39 Å². The van der Waals surface area contributed by atoms with Crippen molar-refractivity contribution >= 4 is 15.9 Å². The summed E-state index contributed by atoms with van der Waals surface area (Å²) < 4.78 is 20.2. The van der Waals surface area contributed by atoms with E-state index < -0.39 is 0 Å². The zero-order valence-electron chi connectivity index (χ0n) is 11.3. The monoisotopic (exact) mass is 329 g/mol. The van der Waals surface area contributed by atoms with Gasteiger partial charge < -0.3 is 10.1 Å². The van der Waals surface area contributed by atoms with Crippen LogP contribution >= 0.6 is 15.9 Å². The van der Waals surface area contributed by atoms with E-state index in [2.05, 4.69) is 21.2 Å². The van der Waals surface area contributed by atoms with E-state index in [1.807, 2.05) is 19.2 Å². The summed E-state index contributed by atoms with van der Waals surface area (Å²) in [5, 5.41) is 3.21. The van der Waals surface area contributed by atoms with Gasteiger partial charge in [0.05, 0.1) is 10.6 Å². The molecule has 1 fully saturated rings. The Morgan fingerprint density at radius 2 is 2.37 bits per heavy atom. The summed E-state index contributed by atoms with van der Waals surface area (Å²) in [5.74, 6) is -0.154. The summed E-state index contributed by atoms with van der Waals surface area (Å²) in [6.45, 7) is 0.903. The zero-order valence-corrected chi connectivity index (χ0v) is 12.9. The van der Waals surface area contributed by atoms with Gasteiger partial charge in [-0.05, 0) is 61.1 Å². The second-order valence-electron chi connectivity index (χ2n) is 5.05. The number of ether oxygens (including phenoxy) is 1. The van der Waals surface area contributed by atoms with Crippen LogP contribution in [0, 0.1) is 5.82 Å². The molecular formula is C15H21BrFNO. The molecule has 1 aromatic carbocycles. The van der Waals surface area contributed by atoms with Gasteiger partial charge in [0.25, 0.3) is 0 Å². The fraction of sp³-hybridized carbons (Fsp3) is 0.600. The maximum absolute atomic E-state index is 14.1. The molecule has 2 atom stereocenters. The van der Waals surface area contributed by atoms with Crippen molar-refractivity contribution in [3.63, 3.8) is 0 Å². The van der Waals surface area contributed by atoms with E-state index in [1.54, 1.807) is 6.07 Å². The minimum atomic E-state index is -0.154. The van der Waals surface area contributed by atoms with Crippen molar-refractivity contribution in [2.75, 3.05) is 13.7 Å². The van der Waals surface area contributed by atoms with Crippen LogP contribution in [0.4, 0.5) is 4.39 Å². The minimum Gasteiger partial charge on any atom is -0.378 e. The van der Waals surface area contributed by atoms with E-state index in [4.69, 9.17) is 4.74 Å². The SMILES string of the molecule is CNC(CCCC1CCCO1)c1cccc(Br)c1F. The van der Waals surface area contributed by atoms with E-state index in [1.165, 1.54) is 12.8 Å². The van der Waals surface area contributed by atoms with Gasteiger partial charge in [0, 0.05) is 18.2 Å². The normalized spacial score (nSPS) is 20.7. The van der Waals surface area contributed by atoms with E-state index in [-0.39, 0.29) is 11.9 Å². The average molecular weight is 330 g/mol. The lowest BCUT2D eigenvalue weighted by Crippen LogP contribution is -2.18. The van der Waals surface area contributed by atoms with Gasteiger partial charge in [-0.15, -0.1) is 0 Å². The first-order valence-corrected chi connectivity index (χ1v) is 7.74. The van der Waals surface area contributed by atoms with E-state index in [9.17, 15) is 4.39 Å². The van der Waals surface area contributed by atoms with Crippen LogP contribution in [-0.4, -0.2) is 19.8 Å². The summed E-state index contributed by atoms with van der Waals surface area (Å²) >= 11 is 3.24. The number of nitrogens with one attached hydrogen (secondary N) is 1. The van der Waals surface area contributed by atoms with Crippen LogP contribution in [0.3, 0.4) is 0 Å². The first-order valence-electron chi connectivity index (χ1n) is 6.95. The molecule has 1 N–H and O–H groups in total. The van der Waals surface area contributed by atoms with Crippen LogP contribution in [0.1, 0.15) is 43.7 Å².